The molecule has 3 heteroatoms. The molecule has 0 amide bonds. The number of methoxy groups -OCH3 is 1. The molecule has 1 aromatic carbocycles. The average Bonchev–Trinajstić information content (AvgIpc) is 2.15. The molecular weight excluding hydrogens is 157 g/mol. The Hall–Kier alpha value is -1.25. The molecular formula is C9H12FNO. The van der Waals surface area contributed by atoms with Gasteiger partial charge in [-0.15, -0.1) is 0 Å². The van der Waals surface area contributed by atoms with Gasteiger partial charge in [-0.2, -0.15) is 0 Å². The van der Waals surface area contributed by atoms with E-state index < -0.39 is 0 Å². The first-order valence-corrected chi connectivity index (χ1v) is 3.80. The molecule has 1 aromatic rings. The molecule has 0 aromatic heterocycles. The predicted molar refractivity (Wildman–Crippen MR) is 47.5 cm³/mol. The molecule has 0 heterocycles. The summed E-state index contributed by atoms with van der Waals surface area (Å²) >= 11 is 0. The summed E-state index contributed by atoms with van der Waals surface area (Å²) in [6.45, 7) is -0.0234. The highest BCUT2D eigenvalue weighted by molar-refractivity contribution is 5.47. The van der Waals surface area contributed by atoms with Crippen molar-refractivity contribution in [1.82, 2.24) is 0 Å². The maximum Gasteiger partial charge on any atom is 0.120 e. The number of benzene rings is 1. The van der Waals surface area contributed by atoms with E-state index >= 15 is 0 Å². The standard InChI is InChI=1S/C9H12FNO/c1-12-9-4-2-3-8(7-9)11-6-5-10/h2-4,7,11H,5-6H2,1H3. The van der Waals surface area contributed by atoms with Gasteiger partial charge in [0.05, 0.1) is 7.11 Å². The van der Waals surface area contributed by atoms with Crippen molar-refractivity contribution in [3.8, 4) is 5.75 Å². The molecule has 0 bridgehead atoms. The van der Waals surface area contributed by atoms with E-state index in [0.717, 1.165) is 11.4 Å². The van der Waals surface area contributed by atoms with E-state index in [4.69, 9.17) is 4.74 Å². The van der Waals surface area contributed by atoms with Crippen LogP contribution in [0.25, 0.3) is 0 Å². The third kappa shape index (κ3) is 2.42. The second kappa shape index (κ2) is 4.59. The van der Waals surface area contributed by atoms with Crippen LogP contribution in [0.15, 0.2) is 24.3 Å². The lowest BCUT2D eigenvalue weighted by molar-refractivity contribution is 0.415. The van der Waals surface area contributed by atoms with Crippen LogP contribution in [0.2, 0.25) is 0 Å². The highest BCUT2D eigenvalue weighted by Gasteiger charge is 1.93. The van der Waals surface area contributed by atoms with Gasteiger partial charge in [0.2, 0.25) is 0 Å². The smallest absolute Gasteiger partial charge is 0.120 e. The van der Waals surface area contributed by atoms with Gasteiger partial charge in [0, 0.05) is 18.3 Å². The van der Waals surface area contributed by atoms with Crippen LogP contribution in [0.4, 0.5) is 10.1 Å². The number of rotatable bonds is 4. The molecule has 0 aliphatic heterocycles. The van der Waals surface area contributed by atoms with Crippen molar-refractivity contribution < 1.29 is 9.13 Å². The average molecular weight is 169 g/mol. The maximum atomic E-state index is 11.8. The van der Waals surface area contributed by atoms with Gasteiger partial charge in [0.15, 0.2) is 0 Å². The fourth-order valence-electron chi connectivity index (χ4n) is 0.925. The van der Waals surface area contributed by atoms with Crippen molar-refractivity contribution in [2.24, 2.45) is 0 Å². The van der Waals surface area contributed by atoms with E-state index in [9.17, 15) is 4.39 Å². The molecule has 0 radical (unpaired) electrons. The molecule has 1 rings (SSSR count). The van der Waals surface area contributed by atoms with E-state index in [-0.39, 0.29) is 6.67 Å². The summed E-state index contributed by atoms with van der Waals surface area (Å²) in [5.41, 5.74) is 0.881. The number of hydrogen-bond acceptors (Lipinski definition) is 2. The van der Waals surface area contributed by atoms with E-state index in [0.29, 0.717) is 6.54 Å². The van der Waals surface area contributed by atoms with E-state index in [1.54, 1.807) is 7.11 Å². The summed E-state index contributed by atoms with van der Waals surface area (Å²) in [4.78, 5) is 0. The highest BCUT2D eigenvalue weighted by Crippen LogP contribution is 2.15. The molecule has 0 spiro atoms. The maximum absolute atomic E-state index is 11.8. The SMILES string of the molecule is COc1cccc(NCCF)c1. The molecule has 0 aliphatic carbocycles. The first-order valence-electron chi connectivity index (χ1n) is 3.80. The Kier molecular flexibility index (Phi) is 3.38. The van der Waals surface area contributed by atoms with Gasteiger partial charge in [0.1, 0.15) is 12.4 Å². The molecule has 0 fully saturated rings. The fourth-order valence-corrected chi connectivity index (χ4v) is 0.925. The van der Waals surface area contributed by atoms with Gasteiger partial charge in [-0.05, 0) is 12.1 Å². The van der Waals surface area contributed by atoms with Gasteiger partial charge in [-0.1, -0.05) is 6.07 Å². The monoisotopic (exact) mass is 169 g/mol. The lowest BCUT2D eigenvalue weighted by Crippen LogP contribution is -2.02. The Morgan fingerprint density at radius 2 is 2.33 bits per heavy atom. The Labute approximate surface area is 71.4 Å². The van der Waals surface area contributed by atoms with Crippen molar-refractivity contribution in [2.45, 2.75) is 0 Å². The molecule has 2 nitrogen and oxygen atoms in total. The van der Waals surface area contributed by atoms with Crippen LogP contribution in [0, 0.1) is 0 Å². The minimum absolute atomic E-state index is 0.340. The fraction of sp³-hybridized carbons (Fsp3) is 0.333. The molecule has 66 valence electrons. The van der Waals surface area contributed by atoms with Crippen molar-refractivity contribution in [2.75, 3.05) is 25.6 Å². The Balaban J connectivity index is 2.60. The Morgan fingerprint density at radius 3 is 3.00 bits per heavy atom. The molecule has 12 heavy (non-hydrogen) atoms. The molecule has 0 saturated heterocycles. The van der Waals surface area contributed by atoms with Crippen LogP contribution >= 0.6 is 0 Å². The number of nitrogens with one attached hydrogen (secondary N) is 1. The minimum Gasteiger partial charge on any atom is -0.497 e. The van der Waals surface area contributed by atoms with E-state index in [1.165, 1.54) is 0 Å². The number of alkyl halides is 1. The summed E-state index contributed by atoms with van der Waals surface area (Å²) in [6.07, 6.45) is 0. The van der Waals surface area contributed by atoms with Crippen LogP contribution in [0.5, 0.6) is 5.75 Å². The lowest BCUT2D eigenvalue weighted by atomic mass is 10.3. The van der Waals surface area contributed by atoms with Crippen LogP contribution in [-0.2, 0) is 0 Å². The van der Waals surface area contributed by atoms with Crippen molar-refractivity contribution in [3.63, 3.8) is 0 Å². The summed E-state index contributed by atoms with van der Waals surface area (Å²) in [6, 6.07) is 7.41. The van der Waals surface area contributed by atoms with Crippen LogP contribution < -0.4 is 10.1 Å². The van der Waals surface area contributed by atoms with Gasteiger partial charge in [0.25, 0.3) is 0 Å². The molecule has 1 N–H and O–H groups in total. The first-order chi connectivity index (χ1) is 5.86. The molecule has 0 atom stereocenters. The van der Waals surface area contributed by atoms with Crippen molar-refractivity contribution in [1.29, 1.82) is 0 Å². The number of ether oxygens (including phenoxy) is 1. The van der Waals surface area contributed by atoms with Gasteiger partial charge in [-0.25, -0.2) is 4.39 Å². The summed E-state index contributed by atoms with van der Waals surface area (Å²) < 4.78 is 16.8. The second-order valence-electron chi connectivity index (χ2n) is 2.35. The lowest BCUT2D eigenvalue weighted by Gasteiger charge is -2.05. The molecule has 0 saturated carbocycles. The third-order valence-electron chi connectivity index (χ3n) is 1.49. The normalized spacial score (nSPS) is 9.50. The van der Waals surface area contributed by atoms with Gasteiger partial charge in [-0.3, -0.25) is 0 Å². The second-order valence-corrected chi connectivity index (χ2v) is 2.35. The molecule has 0 aliphatic rings. The Bertz CT molecular complexity index is 240. The molecule has 0 unspecified atom stereocenters. The quantitative estimate of drug-likeness (QED) is 0.745. The van der Waals surface area contributed by atoms with Crippen LogP contribution in [-0.4, -0.2) is 20.3 Å². The van der Waals surface area contributed by atoms with Gasteiger partial charge < -0.3 is 10.1 Å². The minimum atomic E-state index is -0.364. The van der Waals surface area contributed by atoms with Crippen LogP contribution in [0.3, 0.4) is 0 Å². The summed E-state index contributed by atoms with van der Waals surface area (Å²) in [5, 5.41) is 2.91. The highest BCUT2D eigenvalue weighted by atomic mass is 19.1. The van der Waals surface area contributed by atoms with Gasteiger partial charge >= 0.3 is 0 Å². The zero-order valence-electron chi connectivity index (χ0n) is 7.01. The topological polar surface area (TPSA) is 21.3 Å². The predicted octanol–water partition coefficient (Wildman–Crippen LogP) is 2.08. The largest absolute Gasteiger partial charge is 0.497 e. The number of halogens is 1. The van der Waals surface area contributed by atoms with E-state index in [2.05, 4.69) is 5.32 Å². The van der Waals surface area contributed by atoms with E-state index in [1.807, 2.05) is 24.3 Å². The third-order valence-corrected chi connectivity index (χ3v) is 1.49. The first kappa shape index (κ1) is 8.84. The van der Waals surface area contributed by atoms with Crippen molar-refractivity contribution in [3.05, 3.63) is 24.3 Å². The number of anilines is 1. The summed E-state index contributed by atoms with van der Waals surface area (Å²) in [7, 11) is 1.61. The van der Waals surface area contributed by atoms with Crippen LogP contribution in [0.1, 0.15) is 0 Å². The Morgan fingerprint density at radius 1 is 1.50 bits per heavy atom. The zero-order chi connectivity index (χ0) is 8.81. The zero-order valence-corrected chi connectivity index (χ0v) is 7.01. The number of hydrogen-bond donors (Lipinski definition) is 1. The summed E-state index contributed by atoms with van der Waals surface area (Å²) in [5.74, 6) is 0.777. The van der Waals surface area contributed by atoms with Crippen molar-refractivity contribution >= 4 is 5.69 Å².